The molecule has 0 amide bonds. The maximum Gasteiger partial charge on any atom is 0.0662 e. The molecule has 2 nitrogen and oxygen atoms in total. The van der Waals surface area contributed by atoms with Crippen molar-refractivity contribution in [2.24, 2.45) is 0 Å². The highest BCUT2D eigenvalue weighted by molar-refractivity contribution is 5.28. The maximum atomic E-state index is 9.42. The van der Waals surface area contributed by atoms with Gasteiger partial charge in [0.2, 0.25) is 0 Å². The van der Waals surface area contributed by atoms with Crippen molar-refractivity contribution in [3.63, 3.8) is 0 Å². The van der Waals surface area contributed by atoms with E-state index >= 15 is 0 Å². The Hall–Kier alpha value is -0.860. The summed E-state index contributed by atoms with van der Waals surface area (Å²) in [6, 6.07) is 8.72. The zero-order chi connectivity index (χ0) is 11.4. The van der Waals surface area contributed by atoms with Gasteiger partial charge in [0, 0.05) is 12.1 Å². The van der Waals surface area contributed by atoms with E-state index < -0.39 is 0 Å². The van der Waals surface area contributed by atoms with E-state index in [2.05, 4.69) is 31.3 Å². The Morgan fingerprint density at radius 3 is 2.27 bits per heavy atom. The van der Waals surface area contributed by atoms with Crippen LogP contribution in [0.1, 0.15) is 37.9 Å². The van der Waals surface area contributed by atoms with Gasteiger partial charge in [-0.15, -0.1) is 0 Å². The van der Waals surface area contributed by atoms with Crippen LogP contribution in [0.2, 0.25) is 0 Å². The van der Waals surface area contributed by atoms with Gasteiger partial charge in [-0.3, -0.25) is 0 Å². The van der Waals surface area contributed by atoms with Crippen molar-refractivity contribution in [3.05, 3.63) is 35.4 Å². The van der Waals surface area contributed by atoms with Gasteiger partial charge in [-0.1, -0.05) is 24.3 Å². The first-order valence-electron chi connectivity index (χ1n) is 5.52. The van der Waals surface area contributed by atoms with Crippen LogP contribution in [0.5, 0.6) is 0 Å². The van der Waals surface area contributed by atoms with Gasteiger partial charge in [0.05, 0.1) is 6.10 Å². The number of aryl methyl sites for hydroxylation is 1. The minimum absolute atomic E-state index is 0.111. The molecule has 1 aromatic rings. The first-order chi connectivity index (χ1) is 7.02. The topological polar surface area (TPSA) is 32.3 Å². The molecular weight excluding hydrogens is 186 g/mol. The second kappa shape index (κ2) is 5.29. The molecule has 0 radical (unpaired) electrons. The molecular formula is C13H21NO. The molecule has 3 atom stereocenters. The van der Waals surface area contributed by atoms with Crippen LogP contribution in [0.4, 0.5) is 0 Å². The van der Waals surface area contributed by atoms with Gasteiger partial charge in [-0.25, -0.2) is 0 Å². The van der Waals surface area contributed by atoms with Crippen molar-refractivity contribution in [1.82, 2.24) is 5.32 Å². The van der Waals surface area contributed by atoms with Crippen LogP contribution in [0.15, 0.2) is 24.3 Å². The zero-order valence-corrected chi connectivity index (χ0v) is 9.99. The highest BCUT2D eigenvalue weighted by atomic mass is 16.3. The number of hydrogen-bond acceptors (Lipinski definition) is 2. The van der Waals surface area contributed by atoms with Gasteiger partial charge in [0.15, 0.2) is 0 Å². The van der Waals surface area contributed by atoms with E-state index in [4.69, 9.17) is 0 Å². The van der Waals surface area contributed by atoms with Crippen molar-refractivity contribution in [2.75, 3.05) is 0 Å². The second-order valence-corrected chi connectivity index (χ2v) is 4.27. The van der Waals surface area contributed by atoms with Crippen molar-refractivity contribution < 1.29 is 5.11 Å². The molecule has 0 aliphatic carbocycles. The molecule has 15 heavy (non-hydrogen) atoms. The van der Waals surface area contributed by atoms with Gasteiger partial charge in [-0.05, 0) is 38.8 Å². The van der Waals surface area contributed by atoms with E-state index in [0.717, 1.165) is 0 Å². The van der Waals surface area contributed by atoms with Crippen LogP contribution in [-0.4, -0.2) is 17.3 Å². The van der Waals surface area contributed by atoms with E-state index in [9.17, 15) is 5.11 Å². The summed E-state index contributed by atoms with van der Waals surface area (Å²) >= 11 is 0. The number of aliphatic hydroxyl groups is 1. The first-order valence-corrected chi connectivity index (χ1v) is 5.52. The Morgan fingerprint density at radius 2 is 1.73 bits per heavy atom. The van der Waals surface area contributed by atoms with E-state index in [0.29, 0.717) is 0 Å². The minimum Gasteiger partial charge on any atom is -0.392 e. The molecule has 0 spiro atoms. The fraction of sp³-hybridized carbons (Fsp3) is 0.538. The summed E-state index contributed by atoms with van der Waals surface area (Å²) in [5.74, 6) is 0. The van der Waals surface area contributed by atoms with Crippen molar-refractivity contribution in [1.29, 1.82) is 0 Å². The largest absolute Gasteiger partial charge is 0.392 e. The fourth-order valence-electron chi connectivity index (χ4n) is 1.70. The molecule has 0 aliphatic heterocycles. The number of rotatable bonds is 4. The summed E-state index contributed by atoms with van der Waals surface area (Å²) in [6.45, 7) is 8.05. The lowest BCUT2D eigenvalue weighted by Gasteiger charge is -2.23. The molecule has 0 saturated heterocycles. The SMILES string of the molecule is Cc1ccccc1[C@@H](C)NC(C)C(C)O. The highest BCUT2D eigenvalue weighted by Crippen LogP contribution is 2.17. The van der Waals surface area contributed by atoms with Crippen molar-refractivity contribution in [2.45, 2.75) is 45.9 Å². The monoisotopic (exact) mass is 207 g/mol. The standard InChI is InChI=1S/C13H21NO/c1-9-7-5-6-8-13(9)11(3)14-10(2)12(4)15/h5-8,10-12,14-15H,1-4H3/t10?,11-,12?/m1/s1. The fourth-order valence-corrected chi connectivity index (χ4v) is 1.70. The third-order valence-electron chi connectivity index (χ3n) is 2.89. The third kappa shape index (κ3) is 3.33. The lowest BCUT2D eigenvalue weighted by Crippen LogP contribution is -2.37. The summed E-state index contributed by atoms with van der Waals surface area (Å²) < 4.78 is 0. The number of benzene rings is 1. The summed E-state index contributed by atoms with van der Waals surface area (Å²) in [6.07, 6.45) is -0.323. The summed E-state index contributed by atoms with van der Waals surface area (Å²) in [4.78, 5) is 0. The lowest BCUT2D eigenvalue weighted by molar-refractivity contribution is 0.147. The molecule has 2 unspecified atom stereocenters. The smallest absolute Gasteiger partial charge is 0.0662 e. The summed E-state index contributed by atoms with van der Waals surface area (Å²) in [7, 11) is 0. The predicted molar refractivity (Wildman–Crippen MR) is 63.9 cm³/mol. The lowest BCUT2D eigenvalue weighted by atomic mass is 10.0. The van der Waals surface area contributed by atoms with Crippen LogP contribution >= 0.6 is 0 Å². The highest BCUT2D eigenvalue weighted by Gasteiger charge is 2.13. The van der Waals surface area contributed by atoms with Crippen LogP contribution in [0.25, 0.3) is 0 Å². The van der Waals surface area contributed by atoms with Crippen molar-refractivity contribution in [3.8, 4) is 0 Å². The van der Waals surface area contributed by atoms with Crippen LogP contribution in [0, 0.1) is 6.92 Å². The van der Waals surface area contributed by atoms with E-state index in [1.54, 1.807) is 0 Å². The second-order valence-electron chi connectivity index (χ2n) is 4.27. The molecule has 1 aromatic carbocycles. The van der Waals surface area contributed by atoms with Crippen LogP contribution < -0.4 is 5.32 Å². The molecule has 1 rings (SSSR count). The molecule has 0 fully saturated rings. The molecule has 0 heterocycles. The molecule has 84 valence electrons. The third-order valence-corrected chi connectivity index (χ3v) is 2.89. The van der Waals surface area contributed by atoms with Gasteiger partial charge in [-0.2, -0.15) is 0 Å². The Bertz CT molecular complexity index is 309. The molecule has 0 saturated carbocycles. The average Bonchev–Trinajstić information content (AvgIpc) is 2.18. The van der Waals surface area contributed by atoms with Crippen LogP contribution in [-0.2, 0) is 0 Å². The van der Waals surface area contributed by atoms with Crippen molar-refractivity contribution >= 4 is 0 Å². The van der Waals surface area contributed by atoms with E-state index in [1.807, 2.05) is 26.0 Å². The van der Waals surface area contributed by atoms with Crippen LogP contribution in [0.3, 0.4) is 0 Å². The quantitative estimate of drug-likeness (QED) is 0.794. The maximum absolute atomic E-state index is 9.42. The van der Waals surface area contributed by atoms with Gasteiger partial charge in [0.1, 0.15) is 0 Å². The average molecular weight is 207 g/mol. The summed E-state index contributed by atoms with van der Waals surface area (Å²) in [5, 5.41) is 12.8. The van der Waals surface area contributed by atoms with E-state index in [-0.39, 0.29) is 18.2 Å². The Balaban J connectivity index is 2.69. The Morgan fingerprint density at radius 1 is 1.13 bits per heavy atom. The van der Waals surface area contributed by atoms with E-state index in [1.165, 1.54) is 11.1 Å². The molecule has 0 aliphatic rings. The normalized spacial score (nSPS) is 17.1. The zero-order valence-electron chi connectivity index (χ0n) is 9.99. The predicted octanol–water partition coefficient (Wildman–Crippen LogP) is 2.41. The number of aliphatic hydroxyl groups excluding tert-OH is 1. The van der Waals surface area contributed by atoms with Gasteiger partial charge >= 0.3 is 0 Å². The molecule has 0 aromatic heterocycles. The number of hydrogen-bond donors (Lipinski definition) is 2. The summed E-state index contributed by atoms with van der Waals surface area (Å²) in [5.41, 5.74) is 2.58. The minimum atomic E-state index is -0.323. The molecule has 0 bridgehead atoms. The van der Waals surface area contributed by atoms with Gasteiger partial charge in [0.25, 0.3) is 0 Å². The van der Waals surface area contributed by atoms with Gasteiger partial charge < -0.3 is 10.4 Å². The first kappa shape index (κ1) is 12.2. The Labute approximate surface area is 92.3 Å². The Kier molecular flexibility index (Phi) is 4.30. The molecule has 2 heteroatoms. The molecule has 2 N–H and O–H groups in total. The number of nitrogens with one attached hydrogen (secondary N) is 1.